The minimum absolute atomic E-state index is 0.283. The Balaban J connectivity index is 2.85. The van der Waals surface area contributed by atoms with Gasteiger partial charge in [0.2, 0.25) is 5.91 Å². The Labute approximate surface area is 113 Å². The zero-order valence-electron chi connectivity index (χ0n) is 11.8. The van der Waals surface area contributed by atoms with Gasteiger partial charge in [-0.25, -0.2) is 4.39 Å². The van der Waals surface area contributed by atoms with Crippen molar-refractivity contribution >= 4 is 5.91 Å². The number of halogens is 1. The zero-order valence-corrected chi connectivity index (χ0v) is 11.8. The maximum atomic E-state index is 13.9. The number of primary amides is 1. The van der Waals surface area contributed by atoms with E-state index in [0.717, 1.165) is 0 Å². The SMILES string of the molecule is COc1cccc(F)c1C(C)NCC(C)(C)C(N)=O. The predicted molar refractivity (Wildman–Crippen MR) is 72.3 cm³/mol. The van der Waals surface area contributed by atoms with Crippen LogP contribution in [0.15, 0.2) is 18.2 Å². The minimum Gasteiger partial charge on any atom is -0.496 e. The molecule has 106 valence electrons. The Morgan fingerprint density at radius 2 is 2.16 bits per heavy atom. The fourth-order valence-electron chi connectivity index (χ4n) is 1.71. The summed E-state index contributed by atoms with van der Waals surface area (Å²) >= 11 is 0. The first-order valence-electron chi connectivity index (χ1n) is 6.15. The van der Waals surface area contributed by atoms with Gasteiger partial charge in [0.05, 0.1) is 12.5 Å². The quantitative estimate of drug-likeness (QED) is 0.829. The molecular weight excluding hydrogens is 247 g/mol. The lowest BCUT2D eigenvalue weighted by molar-refractivity contribution is -0.125. The molecule has 1 unspecified atom stereocenters. The number of ether oxygens (including phenoxy) is 1. The van der Waals surface area contributed by atoms with Crippen molar-refractivity contribution in [2.24, 2.45) is 11.1 Å². The third-order valence-corrected chi connectivity index (χ3v) is 3.18. The highest BCUT2D eigenvalue weighted by atomic mass is 19.1. The summed E-state index contributed by atoms with van der Waals surface area (Å²) in [6.45, 7) is 5.67. The summed E-state index contributed by atoms with van der Waals surface area (Å²) in [6, 6.07) is 4.40. The van der Waals surface area contributed by atoms with Crippen LogP contribution < -0.4 is 15.8 Å². The monoisotopic (exact) mass is 268 g/mol. The molecule has 5 heteroatoms. The number of rotatable bonds is 6. The molecule has 3 N–H and O–H groups in total. The summed E-state index contributed by atoms with van der Waals surface area (Å²) in [5.74, 6) is -0.249. The maximum Gasteiger partial charge on any atom is 0.224 e. The largest absolute Gasteiger partial charge is 0.496 e. The molecule has 0 aliphatic carbocycles. The number of nitrogens with two attached hydrogens (primary N) is 1. The fraction of sp³-hybridized carbons (Fsp3) is 0.500. The highest BCUT2D eigenvalue weighted by Gasteiger charge is 2.26. The average molecular weight is 268 g/mol. The van der Waals surface area contributed by atoms with Crippen molar-refractivity contribution in [3.8, 4) is 5.75 Å². The Morgan fingerprint density at radius 1 is 1.53 bits per heavy atom. The summed E-state index contributed by atoms with van der Waals surface area (Å²) in [5, 5.41) is 3.12. The number of carbonyl (C=O) groups excluding carboxylic acids is 1. The van der Waals surface area contributed by atoms with E-state index in [-0.39, 0.29) is 11.9 Å². The molecule has 1 aromatic rings. The van der Waals surface area contributed by atoms with Gasteiger partial charge in [-0.05, 0) is 32.9 Å². The average Bonchev–Trinajstić information content (AvgIpc) is 2.35. The van der Waals surface area contributed by atoms with Gasteiger partial charge < -0.3 is 15.8 Å². The van der Waals surface area contributed by atoms with E-state index in [4.69, 9.17) is 10.5 Å². The number of hydrogen-bond acceptors (Lipinski definition) is 3. The molecule has 19 heavy (non-hydrogen) atoms. The molecule has 0 aromatic heterocycles. The molecule has 1 amide bonds. The van der Waals surface area contributed by atoms with Crippen molar-refractivity contribution in [3.05, 3.63) is 29.6 Å². The van der Waals surface area contributed by atoms with Gasteiger partial charge >= 0.3 is 0 Å². The second-order valence-electron chi connectivity index (χ2n) is 5.21. The smallest absolute Gasteiger partial charge is 0.224 e. The number of hydrogen-bond donors (Lipinski definition) is 2. The summed E-state index contributed by atoms with van der Waals surface area (Å²) < 4.78 is 19.0. The van der Waals surface area contributed by atoms with Gasteiger partial charge in [-0.2, -0.15) is 0 Å². The Hall–Kier alpha value is -1.62. The van der Waals surface area contributed by atoms with Crippen molar-refractivity contribution < 1.29 is 13.9 Å². The molecule has 0 aliphatic heterocycles. The van der Waals surface area contributed by atoms with Crippen LogP contribution in [-0.4, -0.2) is 19.6 Å². The lowest BCUT2D eigenvalue weighted by Crippen LogP contribution is -2.41. The van der Waals surface area contributed by atoms with Gasteiger partial charge in [-0.3, -0.25) is 4.79 Å². The molecule has 0 spiro atoms. The molecule has 1 aromatic carbocycles. The first-order chi connectivity index (χ1) is 8.79. The molecule has 1 rings (SSSR count). The van der Waals surface area contributed by atoms with Gasteiger partial charge in [0.25, 0.3) is 0 Å². The summed E-state index contributed by atoms with van der Waals surface area (Å²) in [7, 11) is 1.50. The van der Waals surface area contributed by atoms with Crippen LogP contribution in [0, 0.1) is 11.2 Å². The molecule has 0 fully saturated rings. The van der Waals surface area contributed by atoms with E-state index in [9.17, 15) is 9.18 Å². The molecule has 0 radical (unpaired) electrons. The van der Waals surface area contributed by atoms with Crippen LogP contribution >= 0.6 is 0 Å². The number of benzene rings is 1. The van der Waals surface area contributed by atoms with Gasteiger partial charge in [0.1, 0.15) is 11.6 Å². The van der Waals surface area contributed by atoms with Gasteiger partial charge in [-0.1, -0.05) is 6.07 Å². The van der Waals surface area contributed by atoms with Crippen LogP contribution in [0.1, 0.15) is 32.4 Å². The summed E-state index contributed by atoms with van der Waals surface area (Å²) in [6.07, 6.45) is 0. The standard InChI is InChI=1S/C14H21FN2O2/c1-9(17-8-14(2,3)13(16)18)12-10(15)6-5-7-11(12)19-4/h5-7,9,17H,8H2,1-4H3,(H2,16,18). The highest BCUT2D eigenvalue weighted by molar-refractivity contribution is 5.80. The normalized spacial score (nSPS) is 13.1. The maximum absolute atomic E-state index is 13.9. The van der Waals surface area contributed by atoms with E-state index in [1.807, 2.05) is 6.92 Å². The van der Waals surface area contributed by atoms with E-state index < -0.39 is 11.3 Å². The third-order valence-electron chi connectivity index (χ3n) is 3.18. The second kappa shape index (κ2) is 6.02. The lowest BCUT2D eigenvalue weighted by atomic mass is 9.92. The van der Waals surface area contributed by atoms with E-state index in [0.29, 0.717) is 17.9 Å². The first-order valence-corrected chi connectivity index (χ1v) is 6.15. The van der Waals surface area contributed by atoms with Gasteiger partial charge in [-0.15, -0.1) is 0 Å². The summed E-state index contributed by atoms with van der Waals surface area (Å²) in [5.41, 5.74) is 5.06. The minimum atomic E-state index is -0.688. The molecule has 0 bridgehead atoms. The molecule has 0 heterocycles. The van der Waals surface area contributed by atoms with E-state index in [1.54, 1.807) is 26.0 Å². The molecule has 0 saturated carbocycles. The summed E-state index contributed by atoms with van der Waals surface area (Å²) in [4.78, 5) is 11.2. The van der Waals surface area contributed by atoms with E-state index >= 15 is 0 Å². The van der Waals surface area contributed by atoms with Crippen LogP contribution in [0.2, 0.25) is 0 Å². The Kier molecular flexibility index (Phi) is 4.89. The van der Waals surface area contributed by atoms with Crippen LogP contribution in [0.25, 0.3) is 0 Å². The van der Waals surface area contributed by atoms with Crippen molar-refractivity contribution in [1.29, 1.82) is 0 Å². The zero-order chi connectivity index (χ0) is 14.6. The number of carbonyl (C=O) groups is 1. The Bertz CT molecular complexity index is 461. The van der Waals surface area contributed by atoms with E-state index in [2.05, 4.69) is 5.32 Å². The number of nitrogens with one attached hydrogen (secondary N) is 1. The topological polar surface area (TPSA) is 64.3 Å². The molecule has 0 aliphatic rings. The molecule has 0 saturated heterocycles. The highest BCUT2D eigenvalue weighted by Crippen LogP contribution is 2.28. The van der Waals surface area contributed by atoms with Crippen LogP contribution in [0.3, 0.4) is 0 Å². The molecule has 1 atom stereocenters. The number of methoxy groups -OCH3 is 1. The van der Waals surface area contributed by atoms with Gasteiger partial charge in [0, 0.05) is 18.2 Å². The lowest BCUT2D eigenvalue weighted by Gasteiger charge is -2.25. The van der Waals surface area contributed by atoms with Crippen molar-refractivity contribution in [1.82, 2.24) is 5.32 Å². The van der Waals surface area contributed by atoms with E-state index in [1.165, 1.54) is 13.2 Å². The molecular formula is C14H21FN2O2. The van der Waals surface area contributed by atoms with Crippen molar-refractivity contribution in [2.45, 2.75) is 26.8 Å². The predicted octanol–water partition coefficient (Wildman–Crippen LogP) is 2.00. The first kappa shape index (κ1) is 15.4. The van der Waals surface area contributed by atoms with Crippen LogP contribution in [0.5, 0.6) is 5.75 Å². The molecule has 4 nitrogen and oxygen atoms in total. The second-order valence-corrected chi connectivity index (χ2v) is 5.21. The van der Waals surface area contributed by atoms with Crippen LogP contribution in [0.4, 0.5) is 4.39 Å². The number of amides is 1. The van der Waals surface area contributed by atoms with Gasteiger partial charge in [0.15, 0.2) is 0 Å². The van der Waals surface area contributed by atoms with Crippen molar-refractivity contribution in [3.63, 3.8) is 0 Å². The van der Waals surface area contributed by atoms with Crippen molar-refractivity contribution in [2.75, 3.05) is 13.7 Å². The fourth-order valence-corrected chi connectivity index (χ4v) is 1.71. The Morgan fingerprint density at radius 3 is 2.68 bits per heavy atom. The third kappa shape index (κ3) is 3.67. The van der Waals surface area contributed by atoms with Crippen LogP contribution in [-0.2, 0) is 4.79 Å².